The maximum absolute atomic E-state index is 13.4. The number of carbonyl (C=O) groups excluding carboxylic acids is 1. The molecule has 0 saturated carbocycles. The maximum Gasteiger partial charge on any atom is 0.309 e. The fourth-order valence-electron chi connectivity index (χ4n) is 1.64. The molecule has 1 heterocycles. The van der Waals surface area contributed by atoms with Gasteiger partial charge in [0.15, 0.2) is 11.5 Å². The number of nitro benzene ring substituents is 1. The molecule has 1 unspecified atom stereocenters. The highest BCUT2D eigenvalue weighted by Gasteiger charge is 2.28. The zero-order valence-electron chi connectivity index (χ0n) is 9.92. The number of nitrogens with zero attached hydrogens (tertiary/aromatic N) is 1. The lowest BCUT2D eigenvalue weighted by molar-refractivity contribution is -0.387. The summed E-state index contributed by atoms with van der Waals surface area (Å²) in [7, 11) is 1.24. The molecule has 1 aliphatic rings. The van der Waals surface area contributed by atoms with E-state index in [1.54, 1.807) is 0 Å². The van der Waals surface area contributed by atoms with Crippen LogP contribution in [0.15, 0.2) is 12.1 Å². The summed E-state index contributed by atoms with van der Waals surface area (Å²) in [6, 6.07) is 1.83. The van der Waals surface area contributed by atoms with E-state index >= 15 is 0 Å². The van der Waals surface area contributed by atoms with Crippen molar-refractivity contribution >= 4 is 11.7 Å². The molecule has 19 heavy (non-hydrogen) atoms. The molecule has 0 spiro atoms. The van der Waals surface area contributed by atoms with Crippen molar-refractivity contribution in [1.82, 2.24) is 0 Å². The summed E-state index contributed by atoms with van der Waals surface area (Å²) in [6.45, 7) is 0.0326. The Hall–Kier alpha value is -2.38. The van der Waals surface area contributed by atoms with Crippen molar-refractivity contribution in [1.29, 1.82) is 0 Å². The van der Waals surface area contributed by atoms with Crippen molar-refractivity contribution < 1.29 is 28.3 Å². The number of methoxy groups -OCH3 is 1. The number of hydrogen-bond acceptors (Lipinski definition) is 6. The van der Waals surface area contributed by atoms with E-state index in [1.165, 1.54) is 7.11 Å². The molecule has 2 rings (SSSR count). The van der Waals surface area contributed by atoms with Crippen LogP contribution in [0.5, 0.6) is 11.5 Å². The molecule has 0 radical (unpaired) electrons. The van der Waals surface area contributed by atoms with Gasteiger partial charge in [-0.2, -0.15) is 4.39 Å². The van der Waals surface area contributed by atoms with Crippen molar-refractivity contribution in [3.05, 3.63) is 28.1 Å². The van der Waals surface area contributed by atoms with Crippen LogP contribution in [0.4, 0.5) is 10.1 Å². The summed E-state index contributed by atoms with van der Waals surface area (Å²) in [6.07, 6.45) is -0.657. The molecule has 0 amide bonds. The molecule has 1 aromatic carbocycles. The maximum atomic E-state index is 13.4. The van der Waals surface area contributed by atoms with Gasteiger partial charge in [0.2, 0.25) is 5.82 Å². The van der Waals surface area contributed by atoms with Crippen LogP contribution in [0.3, 0.4) is 0 Å². The Kier molecular flexibility index (Phi) is 3.50. The normalized spacial score (nSPS) is 16.8. The van der Waals surface area contributed by atoms with Crippen molar-refractivity contribution in [2.24, 2.45) is 0 Å². The van der Waals surface area contributed by atoms with E-state index in [2.05, 4.69) is 4.74 Å². The molecule has 0 aliphatic carbocycles. The lowest BCUT2D eigenvalue weighted by Gasteiger charge is -2.25. The first-order chi connectivity index (χ1) is 9.01. The van der Waals surface area contributed by atoms with Crippen molar-refractivity contribution in [3.63, 3.8) is 0 Å². The molecule has 0 N–H and O–H groups in total. The van der Waals surface area contributed by atoms with Crippen LogP contribution >= 0.6 is 0 Å². The fourth-order valence-corrected chi connectivity index (χ4v) is 1.64. The van der Waals surface area contributed by atoms with Crippen LogP contribution < -0.4 is 9.47 Å². The predicted molar refractivity (Wildman–Crippen MR) is 59.6 cm³/mol. The summed E-state index contributed by atoms with van der Waals surface area (Å²) in [5.41, 5.74) is -0.686. The Morgan fingerprint density at radius 3 is 2.95 bits per heavy atom. The van der Waals surface area contributed by atoms with E-state index in [4.69, 9.17) is 9.47 Å². The van der Waals surface area contributed by atoms with Gasteiger partial charge in [0.1, 0.15) is 12.7 Å². The van der Waals surface area contributed by atoms with Gasteiger partial charge in [0.05, 0.1) is 24.5 Å². The summed E-state index contributed by atoms with van der Waals surface area (Å²) >= 11 is 0. The first kappa shape index (κ1) is 13.1. The Bertz CT molecular complexity index is 532. The zero-order chi connectivity index (χ0) is 14.0. The number of nitro groups is 1. The van der Waals surface area contributed by atoms with Crippen molar-refractivity contribution in [2.75, 3.05) is 13.7 Å². The molecule has 0 saturated heterocycles. The molecule has 8 heteroatoms. The van der Waals surface area contributed by atoms with Gasteiger partial charge < -0.3 is 14.2 Å². The van der Waals surface area contributed by atoms with Gasteiger partial charge in [0.25, 0.3) is 0 Å². The third kappa shape index (κ3) is 2.72. The largest absolute Gasteiger partial charge is 0.486 e. The van der Waals surface area contributed by atoms with Gasteiger partial charge in [-0.05, 0) is 0 Å². The average Bonchev–Trinajstić information content (AvgIpc) is 2.37. The average molecular weight is 271 g/mol. The molecule has 1 aromatic rings. The van der Waals surface area contributed by atoms with Crippen LogP contribution in [0.2, 0.25) is 0 Å². The number of esters is 1. The first-order valence-corrected chi connectivity index (χ1v) is 5.35. The summed E-state index contributed by atoms with van der Waals surface area (Å²) < 4.78 is 28.4. The molecule has 102 valence electrons. The number of halogens is 1. The third-order valence-corrected chi connectivity index (χ3v) is 2.55. The van der Waals surface area contributed by atoms with Crippen LogP contribution in [0.25, 0.3) is 0 Å². The van der Waals surface area contributed by atoms with E-state index in [0.717, 1.165) is 12.1 Å². The minimum absolute atomic E-state index is 0.0308. The van der Waals surface area contributed by atoms with Gasteiger partial charge >= 0.3 is 11.7 Å². The second-order valence-electron chi connectivity index (χ2n) is 3.84. The minimum Gasteiger partial charge on any atom is -0.486 e. The van der Waals surface area contributed by atoms with Crippen LogP contribution in [-0.2, 0) is 9.53 Å². The molecule has 0 bridgehead atoms. The van der Waals surface area contributed by atoms with Crippen LogP contribution in [0.1, 0.15) is 6.42 Å². The van der Waals surface area contributed by atoms with E-state index in [9.17, 15) is 19.3 Å². The predicted octanol–water partition coefficient (Wildman–Crippen LogP) is 1.44. The number of benzene rings is 1. The molecule has 0 fully saturated rings. The Labute approximate surface area is 107 Å². The Morgan fingerprint density at radius 1 is 1.58 bits per heavy atom. The minimum atomic E-state index is -1.02. The number of ether oxygens (including phenoxy) is 3. The highest BCUT2D eigenvalue weighted by Crippen LogP contribution is 2.37. The van der Waals surface area contributed by atoms with Gasteiger partial charge in [0, 0.05) is 6.07 Å². The third-order valence-electron chi connectivity index (χ3n) is 2.55. The van der Waals surface area contributed by atoms with E-state index in [-0.39, 0.29) is 24.5 Å². The quantitative estimate of drug-likeness (QED) is 0.469. The smallest absolute Gasteiger partial charge is 0.309 e. The molecular weight excluding hydrogens is 261 g/mol. The van der Waals surface area contributed by atoms with Gasteiger partial charge in [-0.15, -0.1) is 0 Å². The topological polar surface area (TPSA) is 87.9 Å². The molecular formula is C11H10FNO6. The Morgan fingerprint density at radius 2 is 2.32 bits per heavy atom. The number of hydrogen-bond donors (Lipinski definition) is 0. The highest BCUT2D eigenvalue weighted by atomic mass is 19.1. The monoisotopic (exact) mass is 271 g/mol. The highest BCUT2D eigenvalue weighted by molar-refractivity contribution is 5.70. The number of carbonyl (C=O) groups is 1. The fraction of sp³-hybridized carbons (Fsp3) is 0.364. The molecule has 0 aromatic heterocycles. The summed E-state index contributed by atoms with van der Waals surface area (Å²) in [5.74, 6) is -1.40. The Balaban J connectivity index is 2.20. The first-order valence-electron chi connectivity index (χ1n) is 5.35. The lowest BCUT2D eigenvalue weighted by Crippen LogP contribution is -2.31. The second kappa shape index (κ2) is 5.09. The van der Waals surface area contributed by atoms with Gasteiger partial charge in [-0.3, -0.25) is 14.9 Å². The summed E-state index contributed by atoms with van der Waals surface area (Å²) in [5, 5.41) is 10.6. The van der Waals surface area contributed by atoms with E-state index < -0.39 is 28.5 Å². The van der Waals surface area contributed by atoms with Crippen molar-refractivity contribution in [3.8, 4) is 11.5 Å². The van der Waals surface area contributed by atoms with E-state index in [1.807, 2.05) is 0 Å². The molecule has 1 atom stereocenters. The SMILES string of the molecule is COC(=O)CC1COc2cc([N+](=O)[O-])c(F)cc2O1. The number of fused-ring (bicyclic) bond motifs is 1. The number of rotatable bonds is 3. The summed E-state index contributed by atoms with van der Waals surface area (Å²) in [4.78, 5) is 20.8. The second-order valence-corrected chi connectivity index (χ2v) is 3.84. The lowest BCUT2D eigenvalue weighted by atomic mass is 10.2. The standard InChI is InChI=1S/C11H10FNO6/c1-17-11(14)2-6-5-18-9-4-8(13(15)16)7(12)3-10(9)19-6/h3-4,6H,2,5H2,1H3. The van der Waals surface area contributed by atoms with Crippen LogP contribution in [0, 0.1) is 15.9 Å². The molecule has 7 nitrogen and oxygen atoms in total. The van der Waals surface area contributed by atoms with E-state index in [0.29, 0.717) is 0 Å². The van der Waals surface area contributed by atoms with Crippen molar-refractivity contribution in [2.45, 2.75) is 12.5 Å². The van der Waals surface area contributed by atoms with Crippen LogP contribution in [-0.4, -0.2) is 30.7 Å². The van der Waals surface area contributed by atoms with Gasteiger partial charge in [-0.25, -0.2) is 0 Å². The molecule has 1 aliphatic heterocycles. The van der Waals surface area contributed by atoms with Gasteiger partial charge in [-0.1, -0.05) is 0 Å². The zero-order valence-corrected chi connectivity index (χ0v) is 9.92.